The van der Waals surface area contributed by atoms with Gasteiger partial charge in [0.1, 0.15) is 0 Å². The molecule has 3 nitrogen and oxygen atoms in total. The second kappa shape index (κ2) is 6.55. The van der Waals surface area contributed by atoms with E-state index in [0.29, 0.717) is 6.54 Å². The molecule has 0 aliphatic carbocycles. The van der Waals surface area contributed by atoms with Gasteiger partial charge < -0.3 is 10.6 Å². The minimum absolute atomic E-state index is 0.0272. The average molecular weight is 248 g/mol. The molecular weight excluding hydrogens is 224 g/mol. The highest BCUT2D eigenvalue weighted by Crippen LogP contribution is 2.20. The lowest BCUT2D eigenvalue weighted by Crippen LogP contribution is -2.31. The number of nitrogens with two attached hydrogens (primary N) is 1. The number of benzene rings is 1. The lowest BCUT2D eigenvalue weighted by atomic mass is 10.0. The summed E-state index contributed by atoms with van der Waals surface area (Å²) in [7, 11) is 1.84. The topological polar surface area (TPSA) is 46.3 Å². The van der Waals surface area contributed by atoms with Gasteiger partial charge in [-0.1, -0.05) is 13.0 Å². The van der Waals surface area contributed by atoms with E-state index in [-0.39, 0.29) is 11.8 Å². The van der Waals surface area contributed by atoms with E-state index in [1.807, 2.05) is 40.0 Å². The maximum atomic E-state index is 12.3. The Morgan fingerprint density at radius 3 is 2.33 bits per heavy atom. The van der Waals surface area contributed by atoms with Crippen molar-refractivity contribution in [1.82, 2.24) is 0 Å². The zero-order chi connectivity index (χ0) is 13.7. The molecule has 0 fully saturated rings. The van der Waals surface area contributed by atoms with Gasteiger partial charge in [-0.25, -0.2) is 0 Å². The standard InChI is InChI=1S/C15H24N2O/c1-11-8-12(2)10-14(9-11)17(4)15(18)13(3)6-5-7-16/h8-10,13H,5-7,16H2,1-4H3. The number of anilines is 1. The maximum absolute atomic E-state index is 12.3. The molecule has 0 bridgehead atoms. The number of aryl methyl sites for hydroxylation is 2. The number of rotatable bonds is 5. The Morgan fingerprint density at radius 1 is 1.28 bits per heavy atom. The molecule has 3 heteroatoms. The highest BCUT2D eigenvalue weighted by Gasteiger charge is 2.18. The van der Waals surface area contributed by atoms with Crippen LogP contribution in [0, 0.1) is 19.8 Å². The number of carbonyl (C=O) groups is 1. The molecular formula is C15H24N2O. The number of hydrogen-bond acceptors (Lipinski definition) is 2. The van der Waals surface area contributed by atoms with Crippen LogP contribution in [0.4, 0.5) is 5.69 Å². The van der Waals surface area contributed by atoms with Gasteiger partial charge in [0.05, 0.1) is 0 Å². The minimum atomic E-state index is 0.0272. The summed E-state index contributed by atoms with van der Waals surface area (Å²) in [6.07, 6.45) is 1.75. The van der Waals surface area contributed by atoms with Gasteiger partial charge in [-0.05, 0) is 56.5 Å². The maximum Gasteiger partial charge on any atom is 0.229 e. The molecule has 0 radical (unpaired) electrons. The van der Waals surface area contributed by atoms with Crippen LogP contribution in [-0.4, -0.2) is 19.5 Å². The quantitative estimate of drug-likeness (QED) is 0.870. The van der Waals surface area contributed by atoms with Crippen molar-refractivity contribution in [2.75, 3.05) is 18.5 Å². The summed E-state index contributed by atoms with van der Waals surface area (Å²) in [6, 6.07) is 6.20. The lowest BCUT2D eigenvalue weighted by molar-refractivity contribution is -0.121. The van der Waals surface area contributed by atoms with Crippen molar-refractivity contribution in [3.63, 3.8) is 0 Å². The van der Waals surface area contributed by atoms with Gasteiger partial charge in [-0.2, -0.15) is 0 Å². The van der Waals surface area contributed by atoms with E-state index in [2.05, 4.69) is 6.07 Å². The van der Waals surface area contributed by atoms with Crippen LogP contribution in [0.5, 0.6) is 0 Å². The average Bonchev–Trinajstić information content (AvgIpc) is 2.32. The van der Waals surface area contributed by atoms with E-state index < -0.39 is 0 Å². The molecule has 1 aromatic rings. The smallest absolute Gasteiger partial charge is 0.229 e. The van der Waals surface area contributed by atoms with E-state index in [1.54, 1.807) is 4.90 Å². The predicted octanol–water partition coefficient (Wildman–Crippen LogP) is 2.64. The van der Waals surface area contributed by atoms with Crippen LogP contribution in [0.3, 0.4) is 0 Å². The SMILES string of the molecule is Cc1cc(C)cc(N(C)C(=O)C(C)CCCN)c1. The van der Waals surface area contributed by atoms with Crippen LogP contribution < -0.4 is 10.6 Å². The Balaban J connectivity index is 2.79. The van der Waals surface area contributed by atoms with E-state index in [0.717, 1.165) is 18.5 Å². The Kier molecular flexibility index (Phi) is 5.35. The van der Waals surface area contributed by atoms with Crippen LogP contribution in [0.2, 0.25) is 0 Å². The molecule has 0 aliphatic heterocycles. The molecule has 0 saturated carbocycles. The van der Waals surface area contributed by atoms with Crippen molar-refractivity contribution in [2.45, 2.75) is 33.6 Å². The lowest BCUT2D eigenvalue weighted by Gasteiger charge is -2.22. The van der Waals surface area contributed by atoms with Gasteiger partial charge in [-0.3, -0.25) is 4.79 Å². The molecule has 0 spiro atoms. The van der Waals surface area contributed by atoms with Gasteiger partial charge in [0.15, 0.2) is 0 Å². The highest BCUT2D eigenvalue weighted by atomic mass is 16.2. The van der Waals surface area contributed by atoms with E-state index in [4.69, 9.17) is 5.73 Å². The number of hydrogen-bond donors (Lipinski definition) is 1. The Morgan fingerprint density at radius 2 is 1.83 bits per heavy atom. The molecule has 18 heavy (non-hydrogen) atoms. The van der Waals surface area contributed by atoms with Gasteiger partial charge in [0, 0.05) is 18.7 Å². The molecule has 2 N–H and O–H groups in total. The summed E-state index contributed by atoms with van der Waals surface area (Å²) in [5.74, 6) is 0.188. The van der Waals surface area contributed by atoms with E-state index in [1.165, 1.54) is 11.1 Å². The third-order valence-electron chi connectivity index (χ3n) is 3.19. The fourth-order valence-electron chi connectivity index (χ4n) is 2.15. The number of amides is 1. The Hall–Kier alpha value is -1.35. The number of carbonyl (C=O) groups excluding carboxylic acids is 1. The zero-order valence-corrected chi connectivity index (χ0v) is 11.9. The normalized spacial score (nSPS) is 12.3. The molecule has 0 aliphatic rings. The monoisotopic (exact) mass is 248 g/mol. The van der Waals surface area contributed by atoms with Crippen LogP contribution >= 0.6 is 0 Å². The third kappa shape index (κ3) is 3.84. The van der Waals surface area contributed by atoms with Crippen molar-refractivity contribution < 1.29 is 4.79 Å². The predicted molar refractivity (Wildman–Crippen MR) is 76.8 cm³/mol. The second-order valence-electron chi connectivity index (χ2n) is 5.08. The van der Waals surface area contributed by atoms with Crippen LogP contribution in [0.25, 0.3) is 0 Å². The molecule has 1 amide bonds. The molecule has 1 aromatic carbocycles. The Labute approximate surface area is 110 Å². The molecule has 0 aromatic heterocycles. The molecule has 1 unspecified atom stereocenters. The summed E-state index contributed by atoms with van der Waals surface area (Å²) in [6.45, 7) is 6.71. The van der Waals surface area contributed by atoms with Crippen molar-refractivity contribution in [2.24, 2.45) is 11.7 Å². The first-order chi connectivity index (χ1) is 8.45. The van der Waals surface area contributed by atoms with Crippen molar-refractivity contribution in [3.05, 3.63) is 29.3 Å². The summed E-state index contributed by atoms with van der Waals surface area (Å²) < 4.78 is 0. The van der Waals surface area contributed by atoms with E-state index in [9.17, 15) is 4.79 Å². The minimum Gasteiger partial charge on any atom is -0.330 e. The highest BCUT2D eigenvalue weighted by molar-refractivity contribution is 5.94. The summed E-state index contributed by atoms with van der Waals surface area (Å²) >= 11 is 0. The van der Waals surface area contributed by atoms with Crippen LogP contribution in [0.15, 0.2) is 18.2 Å². The third-order valence-corrected chi connectivity index (χ3v) is 3.19. The van der Waals surface area contributed by atoms with Crippen molar-refractivity contribution in [3.8, 4) is 0 Å². The van der Waals surface area contributed by atoms with Gasteiger partial charge in [-0.15, -0.1) is 0 Å². The van der Waals surface area contributed by atoms with Gasteiger partial charge in [0.2, 0.25) is 5.91 Å². The molecule has 1 rings (SSSR count). The van der Waals surface area contributed by atoms with Crippen LogP contribution in [-0.2, 0) is 4.79 Å². The van der Waals surface area contributed by atoms with Crippen molar-refractivity contribution in [1.29, 1.82) is 0 Å². The van der Waals surface area contributed by atoms with Crippen LogP contribution in [0.1, 0.15) is 30.9 Å². The summed E-state index contributed by atoms with van der Waals surface area (Å²) in [5.41, 5.74) is 8.81. The van der Waals surface area contributed by atoms with Crippen molar-refractivity contribution >= 4 is 11.6 Å². The van der Waals surface area contributed by atoms with E-state index >= 15 is 0 Å². The summed E-state index contributed by atoms with van der Waals surface area (Å²) in [4.78, 5) is 14.0. The fraction of sp³-hybridized carbons (Fsp3) is 0.533. The fourth-order valence-corrected chi connectivity index (χ4v) is 2.15. The first-order valence-corrected chi connectivity index (χ1v) is 6.51. The second-order valence-corrected chi connectivity index (χ2v) is 5.08. The van der Waals surface area contributed by atoms with Gasteiger partial charge >= 0.3 is 0 Å². The zero-order valence-electron chi connectivity index (χ0n) is 11.9. The van der Waals surface area contributed by atoms with Gasteiger partial charge in [0.25, 0.3) is 0 Å². The molecule has 1 atom stereocenters. The summed E-state index contributed by atoms with van der Waals surface area (Å²) in [5, 5.41) is 0. The Bertz CT molecular complexity index is 395. The number of nitrogens with zero attached hydrogens (tertiary/aromatic N) is 1. The molecule has 100 valence electrons. The first-order valence-electron chi connectivity index (χ1n) is 6.51. The largest absolute Gasteiger partial charge is 0.330 e. The molecule has 0 heterocycles. The first kappa shape index (κ1) is 14.7. The molecule has 0 saturated heterocycles.